The van der Waals surface area contributed by atoms with Crippen LogP contribution in [-0.2, 0) is 32.6 Å². The Kier molecular flexibility index (Phi) is 12.0. The molecule has 47 heavy (non-hydrogen) atoms. The zero-order valence-corrected chi connectivity index (χ0v) is 29.4. The molecule has 2 amide bonds. The molecular weight excluding hydrogens is 657 g/mol. The Hall–Kier alpha value is -4.05. The van der Waals surface area contributed by atoms with Crippen LogP contribution in [0.15, 0.2) is 95.9 Å². The molecule has 11 heteroatoms. The van der Waals surface area contributed by atoms with Gasteiger partial charge in [-0.2, -0.15) is 0 Å². The molecule has 4 rings (SSSR count). The van der Waals surface area contributed by atoms with Crippen molar-refractivity contribution in [2.75, 3.05) is 18.0 Å². The van der Waals surface area contributed by atoms with Crippen LogP contribution in [0.4, 0.5) is 5.69 Å². The molecule has 1 unspecified atom stereocenters. The lowest BCUT2D eigenvalue weighted by Gasteiger charge is -2.34. The van der Waals surface area contributed by atoms with Crippen LogP contribution in [0.5, 0.6) is 5.75 Å². The Bertz CT molecular complexity index is 1820. The summed E-state index contributed by atoms with van der Waals surface area (Å²) in [7, 11) is -2.86. The molecule has 0 heterocycles. The molecule has 4 aromatic rings. The maximum atomic E-state index is 14.7. The third kappa shape index (κ3) is 9.06. The lowest BCUT2D eigenvalue weighted by Crippen LogP contribution is -2.54. The Balaban J connectivity index is 1.87. The molecule has 0 aliphatic heterocycles. The molecule has 0 aromatic heterocycles. The average Bonchev–Trinajstić information content (AvgIpc) is 3.02. The Labute approximate surface area is 287 Å². The van der Waals surface area contributed by atoms with Crippen molar-refractivity contribution in [2.45, 2.75) is 57.6 Å². The van der Waals surface area contributed by atoms with Gasteiger partial charge in [0.25, 0.3) is 10.0 Å². The summed E-state index contributed by atoms with van der Waals surface area (Å²) in [5, 5.41) is 3.66. The minimum Gasteiger partial charge on any atom is -0.495 e. The number of halogens is 2. The van der Waals surface area contributed by atoms with Gasteiger partial charge in [0.05, 0.1) is 17.7 Å². The lowest BCUT2D eigenvalue weighted by atomic mass is 10.0. The topological polar surface area (TPSA) is 96.0 Å². The van der Waals surface area contributed by atoms with Crippen molar-refractivity contribution in [1.82, 2.24) is 10.2 Å². The van der Waals surface area contributed by atoms with Gasteiger partial charge in [0, 0.05) is 29.1 Å². The first kappa shape index (κ1) is 35.8. The van der Waals surface area contributed by atoms with Gasteiger partial charge in [0.1, 0.15) is 18.3 Å². The van der Waals surface area contributed by atoms with Crippen molar-refractivity contribution in [3.8, 4) is 5.75 Å². The van der Waals surface area contributed by atoms with Gasteiger partial charge >= 0.3 is 0 Å². The number of anilines is 1. The summed E-state index contributed by atoms with van der Waals surface area (Å²) in [6.45, 7) is 6.64. The maximum Gasteiger partial charge on any atom is 0.264 e. The summed E-state index contributed by atoms with van der Waals surface area (Å²) >= 11 is 12.8. The van der Waals surface area contributed by atoms with E-state index in [1.54, 1.807) is 48.5 Å². The number of hydrogen-bond acceptors (Lipinski definition) is 5. The van der Waals surface area contributed by atoms with Crippen LogP contribution in [0.1, 0.15) is 36.1 Å². The second-order valence-electron chi connectivity index (χ2n) is 11.6. The number of hydrogen-bond donors (Lipinski definition) is 1. The second kappa shape index (κ2) is 15.7. The van der Waals surface area contributed by atoms with Crippen LogP contribution in [0.3, 0.4) is 0 Å². The van der Waals surface area contributed by atoms with Gasteiger partial charge in [-0.3, -0.25) is 13.9 Å². The highest BCUT2D eigenvalue weighted by Gasteiger charge is 2.36. The standard InChI is InChI=1S/C36H39Cl2N3O5S/c1-24(2)39-36(43)33(20-27-9-7-6-8-10-27)40(22-28-14-15-29(37)21-31(28)38)35(42)23-41(32-19-26(4)13-18-34(32)46-5)47(44,45)30-16-11-25(3)12-17-30/h6-19,21,24,33H,20,22-23H2,1-5H3,(H,39,43). The molecular formula is C36H39Cl2N3O5S. The molecule has 0 aliphatic rings. The van der Waals surface area contributed by atoms with Gasteiger partial charge in [-0.05, 0) is 80.8 Å². The Morgan fingerprint density at radius 1 is 0.872 bits per heavy atom. The van der Waals surface area contributed by atoms with Crippen molar-refractivity contribution >= 4 is 50.7 Å². The highest BCUT2D eigenvalue weighted by atomic mass is 35.5. The summed E-state index contributed by atoms with van der Waals surface area (Å²) in [6.07, 6.45) is 0.175. The molecule has 0 radical (unpaired) electrons. The number of benzene rings is 4. The van der Waals surface area contributed by atoms with E-state index < -0.39 is 28.5 Å². The molecule has 0 fully saturated rings. The first-order valence-corrected chi connectivity index (χ1v) is 17.3. The van der Waals surface area contributed by atoms with Crippen LogP contribution >= 0.6 is 23.2 Å². The van der Waals surface area contributed by atoms with E-state index in [0.29, 0.717) is 15.6 Å². The number of rotatable bonds is 13. The van der Waals surface area contributed by atoms with Crippen molar-refractivity contribution in [2.24, 2.45) is 0 Å². The van der Waals surface area contributed by atoms with Crippen LogP contribution < -0.4 is 14.4 Å². The molecule has 0 aliphatic carbocycles. The monoisotopic (exact) mass is 695 g/mol. The van der Waals surface area contributed by atoms with Gasteiger partial charge in [-0.1, -0.05) is 83.4 Å². The minimum absolute atomic E-state index is 0.00476. The molecule has 0 bridgehead atoms. The fourth-order valence-corrected chi connectivity index (χ4v) is 7.00. The average molecular weight is 697 g/mol. The second-order valence-corrected chi connectivity index (χ2v) is 14.3. The van der Waals surface area contributed by atoms with Gasteiger partial charge in [-0.15, -0.1) is 0 Å². The van der Waals surface area contributed by atoms with E-state index in [0.717, 1.165) is 21.0 Å². The van der Waals surface area contributed by atoms with Gasteiger partial charge < -0.3 is 15.0 Å². The van der Waals surface area contributed by atoms with Crippen LogP contribution in [0.2, 0.25) is 10.0 Å². The largest absolute Gasteiger partial charge is 0.495 e. The van der Waals surface area contributed by atoms with Crippen molar-refractivity contribution in [3.63, 3.8) is 0 Å². The normalized spacial score (nSPS) is 12.0. The van der Waals surface area contributed by atoms with Crippen LogP contribution in [0.25, 0.3) is 0 Å². The fourth-order valence-electron chi connectivity index (χ4n) is 5.11. The molecule has 8 nitrogen and oxygen atoms in total. The maximum absolute atomic E-state index is 14.7. The van der Waals surface area contributed by atoms with Gasteiger partial charge in [0.15, 0.2) is 0 Å². The van der Waals surface area contributed by atoms with E-state index in [2.05, 4.69) is 5.32 Å². The third-order valence-corrected chi connectivity index (χ3v) is 9.91. The zero-order valence-electron chi connectivity index (χ0n) is 27.0. The van der Waals surface area contributed by atoms with E-state index in [-0.39, 0.29) is 41.2 Å². The Morgan fingerprint density at radius 2 is 1.53 bits per heavy atom. The fraction of sp³-hybridized carbons (Fsp3) is 0.278. The SMILES string of the molecule is COc1ccc(C)cc1N(CC(=O)N(Cc1ccc(Cl)cc1Cl)C(Cc1ccccc1)C(=O)NC(C)C)S(=O)(=O)c1ccc(C)cc1. The number of amides is 2. The predicted molar refractivity (Wildman–Crippen MR) is 188 cm³/mol. The predicted octanol–water partition coefficient (Wildman–Crippen LogP) is 6.98. The van der Waals surface area contributed by atoms with E-state index in [9.17, 15) is 18.0 Å². The summed E-state index contributed by atoms with van der Waals surface area (Å²) in [5.74, 6) is -0.733. The smallest absolute Gasteiger partial charge is 0.264 e. The van der Waals surface area contributed by atoms with E-state index >= 15 is 0 Å². The third-order valence-electron chi connectivity index (χ3n) is 7.55. The number of nitrogens with zero attached hydrogens (tertiary/aromatic N) is 2. The number of aryl methyl sites for hydroxylation is 2. The summed E-state index contributed by atoms with van der Waals surface area (Å²) in [4.78, 5) is 29.9. The summed E-state index contributed by atoms with van der Waals surface area (Å²) in [6, 6.07) is 24.5. The van der Waals surface area contributed by atoms with Gasteiger partial charge in [0.2, 0.25) is 11.8 Å². The number of nitrogens with one attached hydrogen (secondary N) is 1. The minimum atomic E-state index is -4.30. The Morgan fingerprint density at radius 3 is 2.15 bits per heavy atom. The molecule has 1 N–H and O–H groups in total. The summed E-state index contributed by atoms with van der Waals surface area (Å²) in [5.41, 5.74) is 3.20. The number of ether oxygens (including phenoxy) is 1. The first-order valence-electron chi connectivity index (χ1n) is 15.1. The van der Waals surface area contributed by atoms with Crippen LogP contribution in [0, 0.1) is 13.8 Å². The zero-order chi connectivity index (χ0) is 34.3. The first-order chi connectivity index (χ1) is 22.3. The highest BCUT2D eigenvalue weighted by molar-refractivity contribution is 7.92. The van der Waals surface area contributed by atoms with E-state index in [1.165, 1.54) is 24.1 Å². The van der Waals surface area contributed by atoms with Crippen molar-refractivity contribution in [3.05, 3.63) is 123 Å². The van der Waals surface area contributed by atoms with E-state index in [1.807, 2.05) is 58.0 Å². The lowest BCUT2D eigenvalue weighted by molar-refractivity contribution is -0.140. The van der Waals surface area contributed by atoms with Gasteiger partial charge in [-0.25, -0.2) is 8.42 Å². The van der Waals surface area contributed by atoms with E-state index in [4.69, 9.17) is 27.9 Å². The highest BCUT2D eigenvalue weighted by Crippen LogP contribution is 2.34. The molecule has 0 spiro atoms. The quantitative estimate of drug-likeness (QED) is 0.163. The molecule has 1 atom stereocenters. The molecule has 248 valence electrons. The van der Waals surface area contributed by atoms with Crippen LogP contribution in [-0.4, -0.2) is 50.9 Å². The number of methoxy groups -OCH3 is 1. The number of sulfonamides is 1. The molecule has 0 saturated heterocycles. The van der Waals surface area contributed by atoms with Crippen molar-refractivity contribution < 1.29 is 22.7 Å². The molecule has 4 aromatic carbocycles. The number of carbonyl (C=O) groups is 2. The van der Waals surface area contributed by atoms with Crippen molar-refractivity contribution in [1.29, 1.82) is 0 Å². The molecule has 0 saturated carbocycles. The summed E-state index contributed by atoms with van der Waals surface area (Å²) < 4.78 is 35.3. The number of carbonyl (C=O) groups excluding carboxylic acids is 2.